The Bertz CT molecular complexity index is 286. The number of nitrogens with zero attached hydrogens (tertiary/aromatic N) is 2. The van der Waals surface area contributed by atoms with E-state index in [4.69, 9.17) is 5.11 Å². The fourth-order valence-electron chi connectivity index (χ4n) is 0.746. The zero-order valence-corrected chi connectivity index (χ0v) is 9.41. The molecule has 0 unspecified atom stereocenters. The van der Waals surface area contributed by atoms with Crippen molar-refractivity contribution in [1.29, 1.82) is 0 Å². The van der Waals surface area contributed by atoms with Crippen LogP contribution in [0.25, 0.3) is 0 Å². The zero-order valence-electron chi connectivity index (χ0n) is 8.60. The van der Waals surface area contributed by atoms with Gasteiger partial charge in [0, 0.05) is 20.1 Å². The molecule has 0 radical (unpaired) electrons. The summed E-state index contributed by atoms with van der Waals surface area (Å²) >= 11 is 0. The highest BCUT2D eigenvalue weighted by atomic mass is 32.2. The first-order valence-corrected chi connectivity index (χ1v) is 5.67. The molecule has 0 aromatic carbocycles. The third-order valence-electron chi connectivity index (χ3n) is 1.64. The van der Waals surface area contributed by atoms with Crippen molar-refractivity contribution >= 4 is 16.0 Å². The van der Waals surface area contributed by atoms with E-state index in [9.17, 15) is 13.2 Å². The van der Waals surface area contributed by atoms with Crippen LogP contribution in [0.2, 0.25) is 0 Å². The number of aliphatic carboxylic acids is 1. The van der Waals surface area contributed by atoms with Crippen molar-refractivity contribution in [3.63, 3.8) is 0 Å². The molecule has 84 valence electrons. The second kappa shape index (κ2) is 5.28. The van der Waals surface area contributed by atoms with Crippen molar-refractivity contribution < 1.29 is 18.3 Å². The van der Waals surface area contributed by atoms with Crippen LogP contribution in [0.5, 0.6) is 0 Å². The van der Waals surface area contributed by atoms with E-state index in [-0.39, 0.29) is 0 Å². The van der Waals surface area contributed by atoms with Crippen LogP contribution < -0.4 is 0 Å². The number of likely N-dealkylation sites (N-methyl/N-ethyl adjacent to an activating group) is 2. The predicted molar refractivity (Wildman–Crippen MR) is 52.6 cm³/mol. The van der Waals surface area contributed by atoms with E-state index < -0.39 is 21.7 Å². The third-order valence-corrected chi connectivity index (χ3v) is 3.39. The minimum absolute atomic E-state index is 0.294. The van der Waals surface area contributed by atoms with Gasteiger partial charge in [-0.15, -0.1) is 0 Å². The van der Waals surface area contributed by atoms with Gasteiger partial charge in [-0.2, -0.15) is 0 Å². The van der Waals surface area contributed by atoms with Crippen LogP contribution in [-0.4, -0.2) is 68.7 Å². The second-order valence-corrected chi connectivity index (χ2v) is 5.35. The van der Waals surface area contributed by atoms with Gasteiger partial charge >= 0.3 is 5.97 Å². The molecule has 0 aliphatic rings. The predicted octanol–water partition coefficient (Wildman–Crippen LogP) is -1.11. The second-order valence-electron chi connectivity index (χ2n) is 3.27. The lowest BCUT2D eigenvalue weighted by Crippen LogP contribution is -2.36. The monoisotopic (exact) mass is 224 g/mol. The molecule has 0 bridgehead atoms. The Balaban J connectivity index is 4.22. The Morgan fingerprint density at radius 1 is 1.21 bits per heavy atom. The summed E-state index contributed by atoms with van der Waals surface area (Å²) in [6.07, 6.45) is 0. The molecular weight excluding hydrogens is 208 g/mol. The van der Waals surface area contributed by atoms with Crippen LogP contribution >= 0.6 is 0 Å². The van der Waals surface area contributed by atoms with Crippen molar-refractivity contribution in [2.75, 3.05) is 40.0 Å². The molecule has 0 aromatic rings. The summed E-state index contributed by atoms with van der Waals surface area (Å²) < 4.78 is 23.6. The molecule has 0 saturated carbocycles. The van der Waals surface area contributed by atoms with Gasteiger partial charge in [0.1, 0.15) is 0 Å². The van der Waals surface area contributed by atoms with E-state index in [0.29, 0.717) is 13.1 Å². The maximum Gasteiger partial charge on any atom is 0.320 e. The van der Waals surface area contributed by atoms with E-state index in [1.165, 1.54) is 7.05 Å². The van der Waals surface area contributed by atoms with Crippen molar-refractivity contribution in [3.8, 4) is 0 Å². The smallest absolute Gasteiger partial charge is 0.320 e. The number of sulfonamides is 1. The normalized spacial score (nSPS) is 12.4. The number of rotatable bonds is 6. The summed E-state index contributed by atoms with van der Waals surface area (Å²) in [4.78, 5) is 12.1. The van der Waals surface area contributed by atoms with Crippen LogP contribution in [0.15, 0.2) is 0 Å². The highest BCUT2D eigenvalue weighted by Crippen LogP contribution is 1.97. The Hall–Kier alpha value is -0.660. The van der Waals surface area contributed by atoms with Gasteiger partial charge in [-0.25, -0.2) is 12.7 Å². The average molecular weight is 224 g/mol. The van der Waals surface area contributed by atoms with E-state index in [2.05, 4.69) is 0 Å². The molecule has 0 rings (SSSR count). The first-order chi connectivity index (χ1) is 6.25. The molecule has 0 spiro atoms. The molecule has 0 atom stereocenters. The van der Waals surface area contributed by atoms with Crippen LogP contribution in [0, 0.1) is 0 Å². The molecule has 6 nitrogen and oxygen atoms in total. The molecular formula is C7H16N2O4S. The maximum atomic E-state index is 11.3. The lowest BCUT2D eigenvalue weighted by Gasteiger charge is -2.18. The summed E-state index contributed by atoms with van der Waals surface area (Å²) in [5, 5.41) is 8.36. The first-order valence-electron chi connectivity index (χ1n) is 4.06. The Labute approximate surface area is 84.2 Å². The fourth-order valence-corrected chi connectivity index (χ4v) is 1.64. The van der Waals surface area contributed by atoms with Crippen molar-refractivity contribution in [1.82, 2.24) is 9.21 Å². The maximum absolute atomic E-state index is 11.3. The minimum atomic E-state index is -3.65. The Morgan fingerprint density at radius 2 is 1.71 bits per heavy atom. The number of carboxylic acid groups (broad SMARTS) is 1. The van der Waals surface area contributed by atoms with Gasteiger partial charge in [-0.05, 0) is 14.1 Å². The number of hydrogen-bond donors (Lipinski definition) is 1. The number of carbonyl (C=O) groups is 1. The third kappa shape index (κ3) is 5.15. The minimum Gasteiger partial charge on any atom is -0.480 e. The van der Waals surface area contributed by atoms with Crippen LogP contribution in [0.4, 0.5) is 0 Å². The highest BCUT2D eigenvalue weighted by Gasteiger charge is 2.21. The van der Waals surface area contributed by atoms with Gasteiger partial charge < -0.3 is 10.0 Å². The van der Waals surface area contributed by atoms with Crippen molar-refractivity contribution in [3.05, 3.63) is 0 Å². The van der Waals surface area contributed by atoms with Gasteiger partial charge in [0.25, 0.3) is 0 Å². The van der Waals surface area contributed by atoms with E-state index >= 15 is 0 Å². The highest BCUT2D eigenvalue weighted by molar-refractivity contribution is 7.89. The topological polar surface area (TPSA) is 77.9 Å². The molecule has 0 fully saturated rings. The molecule has 0 aliphatic heterocycles. The molecule has 0 heterocycles. The summed E-state index contributed by atoms with van der Waals surface area (Å²) in [6.45, 7) is 0.859. The Morgan fingerprint density at radius 3 is 2.07 bits per heavy atom. The lowest BCUT2D eigenvalue weighted by atomic mass is 10.6. The van der Waals surface area contributed by atoms with Crippen LogP contribution in [0.1, 0.15) is 0 Å². The van der Waals surface area contributed by atoms with Crippen molar-refractivity contribution in [2.45, 2.75) is 0 Å². The standard InChI is InChI=1S/C7H16N2O4S/c1-8(2)4-5-9(3)14(12,13)6-7(10)11/h4-6H2,1-3H3,(H,10,11). The van der Waals surface area contributed by atoms with E-state index in [1.54, 1.807) is 0 Å². The molecule has 0 aromatic heterocycles. The summed E-state index contributed by atoms with van der Waals surface area (Å²) in [5.74, 6) is -2.18. The molecule has 7 heteroatoms. The number of hydrogen-bond acceptors (Lipinski definition) is 4. The number of carboxylic acids is 1. The van der Waals surface area contributed by atoms with Gasteiger partial charge in [-0.1, -0.05) is 0 Å². The first kappa shape index (κ1) is 13.3. The lowest BCUT2D eigenvalue weighted by molar-refractivity contribution is -0.134. The summed E-state index contributed by atoms with van der Waals surface area (Å²) in [5.41, 5.74) is 0. The zero-order chi connectivity index (χ0) is 11.4. The fraction of sp³-hybridized carbons (Fsp3) is 0.857. The summed E-state index contributed by atoms with van der Waals surface area (Å²) in [6, 6.07) is 0. The molecule has 14 heavy (non-hydrogen) atoms. The van der Waals surface area contributed by atoms with E-state index in [0.717, 1.165) is 4.31 Å². The van der Waals surface area contributed by atoms with Crippen LogP contribution in [0.3, 0.4) is 0 Å². The Kier molecular flexibility index (Phi) is 5.03. The van der Waals surface area contributed by atoms with E-state index in [1.807, 2.05) is 19.0 Å². The average Bonchev–Trinajstić information content (AvgIpc) is 1.97. The van der Waals surface area contributed by atoms with Crippen molar-refractivity contribution in [2.24, 2.45) is 0 Å². The largest absolute Gasteiger partial charge is 0.480 e. The van der Waals surface area contributed by atoms with Gasteiger partial charge in [0.05, 0.1) is 0 Å². The van der Waals surface area contributed by atoms with Gasteiger partial charge in [0.2, 0.25) is 10.0 Å². The van der Waals surface area contributed by atoms with Gasteiger partial charge in [0.15, 0.2) is 5.75 Å². The van der Waals surface area contributed by atoms with Crippen LogP contribution in [-0.2, 0) is 14.8 Å². The quantitative estimate of drug-likeness (QED) is 0.619. The van der Waals surface area contributed by atoms with Gasteiger partial charge in [-0.3, -0.25) is 4.79 Å². The molecule has 0 saturated heterocycles. The summed E-state index contributed by atoms with van der Waals surface area (Å²) in [7, 11) is 1.36. The SMILES string of the molecule is CN(C)CCN(C)S(=O)(=O)CC(=O)O. The molecule has 0 aliphatic carbocycles. The molecule has 1 N–H and O–H groups in total. The molecule has 0 amide bonds.